The molecule has 2 aliphatic rings. The van der Waals surface area contributed by atoms with E-state index in [2.05, 4.69) is 18.7 Å². The molecule has 0 radical (unpaired) electrons. The highest BCUT2D eigenvalue weighted by molar-refractivity contribution is 6.35. The summed E-state index contributed by atoms with van der Waals surface area (Å²) in [5, 5.41) is 12.0. The Labute approximate surface area is 345 Å². The number of rotatable bonds is 17. The van der Waals surface area contributed by atoms with Crippen molar-refractivity contribution in [2.45, 2.75) is 70.8 Å². The van der Waals surface area contributed by atoms with Crippen LogP contribution in [-0.4, -0.2) is 62.8 Å². The van der Waals surface area contributed by atoms with Crippen molar-refractivity contribution < 1.29 is 46.4 Å². The van der Waals surface area contributed by atoms with Crippen molar-refractivity contribution in [3.63, 3.8) is 0 Å². The molecule has 2 fully saturated rings. The third-order valence-electron chi connectivity index (χ3n) is 10.6. The van der Waals surface area contributed by atoms with Crippen LogP contribution in [0.5, 0.6) is 11.5 Å². The van der Waals surface area contributed by atoms with Crippen LogP contribution in [0.25, 0.3) is 0 Å². The number of carbonyl (C=O) groups is 2. The zero-order valence-corrected chi connectivity index (χ0v) is 33.9. The molecule has 4 atom stereocenters. The lowest BCUT2D eigenvalue weighted by molar-refractivity contribution is -0.605. The Morgan fingerprint density at radius 1 is 1.00 bits per heavy atom. The van der Waals surface area contributed by atoms with E-state index in [-0.39, 0.29) is 52.0 Å². The predicted molar refractivity (Wildman–Crippen MR) is 213 cm³/mol. The number of benzene rings is 3. The largest absolute Gasteiger partial charge is 0.619 e. The minimum absolute atomic E-state index is 0.0415. The number of ether oxygens (including phenoxy) is 4. The van der Waals surface area contributed by atoms with Gasteiger partial charge in [0.15, 0.2) is 29.9 Å². The number of esters is 2. The maximum Gasteiger partial charge on any atom is 0.387 e. The zero-order valence-electron chi connectivity index (χ0n) is 32.4. The quantitative estimate of drug-likeness (QED) is 0.0587. The van der Waals surface area contributed by atoms with E-state index in [1.807, 2.05) is 0 Å². The Kier molecular flexibility index (Phi) is 14.3. The summed E-state index contributed by atoms with van der Waals surface area (Å²) < 4.78 is 64.9. The van der Waals surface area contributed by atoms with Crippen LogP contribution in [0.2, 0.25) is 10.0 Å². The summed E-state index contributed by atoms with van der Waals surface area (Å²) >= 11 is 12.8. The number of alkyl halides is 2. The maximum absolute atomic E-state index is 15.3. The number of hydrogen-bond donors (Lipinski definition) is 0. The van der Waals surface area contributed by atoms with E-state index >= 15 is 4.39 Å². The molecule has 310 valence electrons. The first kappa shape index (κ1) is 42.9. The zero-order chi connectivity index (χ0) is 41.5. The minimum Gasteiger partial charge on any atom is -0.619 e. The van der Waals surface area contributed by atoms with Crippen molar-refractivity contribution in [2.75, 3.05) is 38.2 Å². The summed E-state index contributed by atoms with van der Waals surface area (Å²) in [6.45, 7) is 3.68. The molecule has 0 N–H and O–H groups in total. The SMILES string of the molecule is CCN1CCC(C)[C@@H](OC(=O)C(c2ccccc2F)N(C)c2ccc(CC(=O)O[C@@H](Cc3c(Cl)c[n+]([O-])cc3Cl)c3ccc(OC(F)F)c(OCC4CC4)c3)cc2)C1. The van der Waals surface area contributed by atoms with Crippen molar-refractivity contribution in [1.29, 1.82) is 0 Å². The molecule has 58 heavy (non-hydrogen) atoms. The summed E-state index contributed by atoms with van der Waals surface area (Å²) in [6.07, 6.45) is 3.42. The first-order chi connectivity index (χ1) is 27.8. The van der Waals surface area contributed by atoms with Gasteiger partial charge in [-0.25, -0.2) is 9.18 Å². The lowest BCUT2D eigenvalue weighted by atomic mass is 9.95. The number of halogens is 5. The smallest absolute Gasteiger partial charge is 0.387 e. The molecule has 2 heterocycles. The summed E-state index contributed by atoms with van der Waals surface area (Å²) in [6, 6.07) is 16.1. The fourth-order valence-electron chi connectivity index (χ4n) is 6.97. The molecule has 2 unspecified atom stereocenters. The van der Waals surface area contributed by atoms with E-state index in [1.54, 1.807) is 54.4 Å². The average molecular weight is 845 g/mol. The van der Waals surface area contributed by atoms with Crippen LogP contribution in [0.1, 0.15) is 67.5 Å². The van der Waals surface area contributed by atoms with Gasteiger partial charge in [0.2, 0.25) is 0 Å². The Morgan fingerprint density at radius 2 is 1.71 bits per heavy atom. The van der Waals surface area contributed by atoms with E-state index in [0.717, 1.165) is 44.7 Å². The average Bonchev–Trinajstić information content (AvgIpc) is 4.02. The van der Waals surface area contributed by atoms with Crippen molar-refractivity contribution in [1.82, 2.24) is 4.90 Å². The molecule has 15 heteroatoms. The summed E-state index contributed by atoms with van der Waals surface area (Å²) in [4.78, 5) is 31.4. The van der Waals surface area contributed by atoms with E-state index in [1.165, 1.54) is 24.3 Å². The van der Waals surface area contributed by atoms with Gasteiger partial charge in [-0.15, -0.1) is 0 Å². The molecule has 1 saturated heterocycles. The Morgan fingerprint density at radius 3 is 2.36 bits per heavy atom. The molecule has 0 bridgehead atoms. The Bertz CT molecular complexity index is 2030. The first-order valence-electron chi connectivity index (χ1n) is 19.3. The van der Waals surface area contributed by atoms with Crippen LogP contribution in [0.3, 0.4) is 0 Å². The summed E-state index contributed by atoms with van der Waals surface area (Å²) in [5.74, 6) is -1.42. The number of likely N-dealkylation sites (N-methyl/N-ethyl adjacent to an activating group) is 2. The van der Waals surface area contributed by atoms with Crippen molar-refractivity contribution >= 4 is 40.8 Å². The van der Waals surface area contributed by atoms with E-state index in [4.69, 9.17) is 42.1 Å². The predicted octanol–water partition coefficient (Wildman–Crippen LogP) is 8.68. The van der Waals surface area contributed by atoms with Crippen molar-refractivity contribution in [2.24, 2.45) is 11.8 Å². The van der Waals surface area contributed by atoms with Gasteiger partial charge >= 0.3 is 18.6 Å². The molecule has 3 aromatic carbocycles. The van der Waals surface area contributed by atoms with Crippen LogP contribution in [0.4, 0.5) is 18.9 Å². The number of piperidine rings is 1. The second kappa shape index (κ2) is 19.4. The van der Waals surface area contributed by atoms with Gasteiger partial charge in [0.25, 0.3) is 0 Å². The molecule has 1 saturated carbocycles. The second-order valence-electron chi connectivity index (χ2n) is 14.8. The van der Waals surface area contributed by atoms with Crippen LogP contribution < -0.4 is 19.1 Å². The van der Waals surface area contributed by atoms with Gasteiger partial charge in [0, 0.05) is 36.8 Å². The van der Waals surface area contributed by atoms with Gasteiger partial charge in [0.1, 0.15) is 28.1 Å². The monoisotopic (exact) mass is 843 g/mol. The van der Waals surface area contributed by atoms with Crippen molar-refractivity contribution in [3.05, 3.63) is 122 Å². The number of anilines is 1. The van der Waals surface area contributed by atoms with Gasteiger partial charge in [-0.3, -0.25) is 9.69 Å². The molecule has 6 rings (SSSR count). The second-order valence-corrected chi connectivity index (χ2v) is 15.6. The molecule has 1 aliphatic carbocycles. The van der Waals surface area contributed by atoms with Gasteiger partial charge in [0.05, 0.1) is 13.0 Å². The summed E-state index contributed by atoms with van der Waals surface area (Å²) in [7, 11) is 1.68. The number of aromatic nitrogens is 1. The van der Waals surface area contributed by atoms with Gasteiger partial charge < -0.3 is 29.1 Å². The minimum atomic E-state index is -3.09. The fraction of sp³-hybridized carbons (Fsp3) is 0.419. The first-order valence-corrected chi connectivity index (χ1v) is 20.0. The normalized spacial score (nSPS) is 18.0. The summed E-state index contributed by atoms with van der Waals surface area (Å²) in [5.41, 5.74) is 2.03. The number of pyridine rings is 1. The van der Waals surface area contributed by atoms with Gasteiger partial charge in [-0.1, -0.05) is 73.4 Å². The van der Waals surface area contributed by atoms with Crippen LogP contribution >= 0.6 is 23.2 Å². The van der Waals surface area contributed by atoms with E-state index in [0.29, 0.717) is 46.2 Å². The van der Waals surface area contributed by atoms with Gasteiger partial charge in [-0.2, -0.15) is 13.5 Å². The topological polar surface area (TPSA) is 104 Å². The van der Waals surface area contributed by atoms with Crippen LogP contribution in [-0.2, 0) is 31.9 Å². The molecule has 1 aromatic heterocycles. The van der Waals surface area contributed by atoms with Crippen LogP contribution in [0, 0.1) is 22.9 Å². The Balaban J connectivity index is 1.21. The number of carbonyl (C=O) groups excluding carboxylic acids is 2. The van der Waals surface area contributed by atoms with Crippen molar-refractivity contribution in [3.8, 4) is 11.5 Å². The lowest BCUT2D eigenvalue weighted by Crippen LogP contribution is -2.46. The molecule has 4 aromatic rings. The molecular formula is C43H46Cl2F3N3O7. The third-order valence-corrected chi connectivity index (χ3v) is 11.3. The molecule has 0 amide bonds. The number of hydrogen-bond acceptors (Lipinski definition) is 9. The highest BCUT2D eigenvalue weighted by Gasteiger charge is 2.35. The Hall–Kier alpha value is -4.72. The van der Waals surface area contributed by atoms with Crippen LogP contribution in [0.15, 0.2) is 79.1 Å². The van der Waals surface area contributed by atoms with E-state index in [9.17, 15) is 23.6 Å². The molecular weight excluding hydrogens is 798 g/mol. The third kappa shape index (κ3) is 11.1. The number of nitrogens with zero attached hydrogens (tertiary/aromatic N) is 3. The standard InChI is InChI=1S/C43H46Cl2F3N3O7/c1-4-50-18-17-26(2)39(24-50)57-42(53)41(31-7-5-6-8-35(31)46)49(3)30-14-11-27(12-15-30)19-40(52)56-37(21-32-33(44)22-51(54)23-34(32)45)29-13-16-36(58-43(47)48)38(20-29)55-25-28-9-10-28/h5-8,11-16,20,22-23,26,28,37,39,41,43H,4,9-10,17-19,21,24-25H2,1-3H3/t26?,37-,39-,41?/m0/s1. The molecule has 1 aliphatic heterocycles. The maximum atomic E-state index is 15.3. The highest BCUT2D eigenvalue weighted by Crippen LogP contribution is 2.38. The molecule has 10 nitrogen and oxygen atoms in total. The van der Waals surface area contributed by atoms with Gasteiger partial charge in [-0.05, 0) is 85.6 Å². The fourth-order valence-corrected chi connectivity index (χ4v) is 7.57. The lowest BCUT2D eigenvalue weighted by Gasteiger charge is -2.37. The highest BCUT2D eigenvalue weighted by atomic mass is 35.5. The molecule has 0 spiro atoms. The number of likely N-dealkylation sites (tertiary alicyclic amines) is 1. The van der Waals surface area contributed by atoms with E-state index < -0.39 is 36.5 Å².